The molecule has 0 aromatic carbocycles. The molecule has 2 aliphatic carbocycles. The molecular weight excluding hydrogens is 246 g/mol. The summed E-state index contributed by atoms with van der Waals surface area (Å²) < 4.78 is 1.96. The van der Waals surface area contributed by atoms with E-state index in [-0.39, 0.29) is 0 Å². The maximum absolute atomic E-state index is 4.71. The number of nitrogens with zero attached hydrogens (tertiary/aromatic N) is 2. The molecule has 0 aliphatic heterocycles. The van der Waals surface area contributed by atoms with Gasteiger partial charge < -0.3 is 5.32 Å². The van der Waals surface area contributed by atoms with E-state index in [1.165, 1.54) is 44.3 Å². The molecule has 0 amide bonds. The largest absolute Gasteiger partial charge is 0.314 e. The topological polar surface area (TPSA) is 29.9 Å². The van der Waals surface area contributed by atoms with Crippen LogP contribution in [0.15, 0.2) is 12.3 Å². The lowest BCUT2D eigenvalue weighted by molar-refractivity contribution is 0.187. The summed E-state index contributed by atoms with van der Waals surface area (Å²) in [6.45, 7) is 5.95. The van der Waals surface area contributed by atoms with Crippen LogP contribution in [0.4, 0.5) is 0 Å². The molecular formula is C17H29N3. The van der Waals surface area contributed by atoms with Gasteiger partial charge in [0.05, 0.1) is 5.69 Å². The molecule has 20 heavy (non-hydrogen) atoms. The van der Waals surface area contributed by atoms with Gasteiger partial charge in [0.2, 0.25) is 0 Å². The lowest BCUT2D eigenvalue weighted by atomic mass is 9.69. The van der Waals surface area contributed by atoms with Crippen LogP contribution in [0.1, 0.15) is 57.6 Å². The van der Waals surface area contributed by atoms with Gasteiger partial charge in [-0.3, -0.25) is 4.68 Å². The van der Waals surface area contributed by atoms with Gasteiger partial charge in [0.1, 0.15) is 0 Å². The van der Waals surface area contributed by atoms with E-state index in [0.29, 0.717) is 5.92 Å². The predicted molar refractivity (Wildman–Crippen MR) is 82.6 cm³/mol. The first-order chi connectivity index (χ1) is 9.63. The number of hydrogen-bond donors (Lipinski definition) is 1. The van der Waals surface area contributed by atoms with Crippen LogP contribution < -0.4 is 5.32 Å². The van der Waals surface area contributed by atoms with Crippen LogP contribution in [0.3, 0.4) is 0 Å². The second kappa shape index (κ2) is 5.88. The van der Waals surface area contributed by atoms with Crippen molar-refractivity contribution < 1.29 is 0 Å². The fourth-order valence-corrected chi connectivity index (χ4v) is 3.71. The van der Waals surface area contributed by atoms with Crippen LogP contribution in [0.25, 0.3) is 0 Å². The third-order valence-electron chi connectivity index (χ3n) is 5.34. The third-order valence-corrected chi connectivity index (χ3v) is 5.34. The highest BCUT2D eigenvalue weighted by Gasteiger charge is 2.34. The molecule has 2 saturated carbocycles. The average molecular weight is 275 g/mol. The zero-order chi connectivity index (χ0) is 14.1. The molecule has 3 nitrogen and oxygen atoms in total. The van der Waals surface area contributed by atoms with Gasteiger partial charge in [-0.15, -0.1) is 0 Å². The standard InChI is InChI=1S/C17H29N3/c1-12(2)13-4-5-14(11-18-15-6-7-15)16(10-13)17-8-9-20(3)19-17/h8-9,12-16,18H,4-7,10-11H2,1-3H3. The number of hydrogen-bond acceptors (Lipinski definition) is 2. The summed E-state index contributed by atoms with van der Waals surface area (Å²) in [7, 11) is 2.03. The van der Waals surface area contributed by atoms with Crippen LogP contribution in [-0.4, -0.2) is 22.4 Å². The highest BCUT2D eigenvalue weighted by molar-refractivity contribution is 5.10. The minimum Gasteiger partial charge on any atom is -0.314 e. The van der Waals surface area contributed by atoms with Gasteiger partial charge in [0, 0.05) is 25.2 Å². The molecule has 3 rings (SSSR count). The van der Waals surface area contributed by atoms with E-state index >= 15 is 0 Å². The predicted octanol–water partition coefficient (Wildman–Crippen LogP) is 3.33. The van der Waals surface area contributed by atoms with Crippen LogP contribution in [0.2, 0.25) is 0 Å². The van der Waals surface area contributed by atoms with Gasteiger partial charge in [0.15, 0.2) is 0 Å². The smallest absolute Gasteiger partial charge is 0.0658 e. The SMILES string of the molecule is CC(C)C1CCC(CNC2CC2)C(c2ccn(C)n2)C1. The molecule has 3 heteroatoms. The molecule has 0 radical (unpaired) electrons. The minimum atomic E-state index is 0.656. The second-order valence-corrected chi connectivity index (χ2v) is 7.28. The first-order valence-corrected chi connectivity index (χ1v) is 8.36. The zero-order valence-electron chi connectivity index (χ0n) is 13.2. The van der Waals surface area contributed by atoms with E-state index in [1.54, 1.807) is 0 Å². The number of aryl methyl sites for hydroxylation is 1. The fraction of sp³-hybridized carbons (Fsp3) is 0.824. The Morgan fingerprint density at radius 2 is 2.10 bits per heavy atom. The average Bonchev–Trinajstić information content (AvgIpc) is 3.16. The highest BCUT2D eigenvalue weighted by atomic mass is 15.2. The Balaban J connectivity index is 1.70. The lowest BCUT2D eigenvalue weighted by Gasteiger charge is -2.37. The van der Waals surface area contributed by atoms with Gasteiger partial charge in [-0.2, -0.15) is 5.10 Å². The summed E-state index contributed by atoms with van der Waals surface area (Å²) in [5, 5.41) is 8.45. The molecule has 112 valence electrons. The van der Waals surface area contributed by atoms with Gasteiger partial charge in [-0.1, -0.05) is 13.8 Å². The summed E-state index contributed by atoms with van der Waals surface area (Å²) in [5.41, 5.74) is 1.32. The highest BCUT2D eigenvalue weighted by Crippen LogP contribution is 2.42. The molecule has 2 aliphatic rings. The van der Waals surface area contributed by atoms with E-state index in [0.717, 1.165) is 23.8 Å². The van der Waals surface area contributed by atoms with Crippen molar-refractivity contribution in [1.29, 1.82) is 0 Å². The normalized spacial score (nSPS) is 30.9. The molecule has 0 saturated heterocycles. The fourth-order valence-electron chi connectivity index (χ4n) is 3.71. The molecule has 1 N–H and O–H groups in total. The number of nitrogens with one attached hydrogen (secondary N) is 1. The molecule has 1 heterocycles. The van der Waals surface area contributed by atoms with E-state index in [2.05, 4.69) is 31.4 Å². The van der Waals surface area contributed by atoms with Crippen LogP contribution in [0.5, 0.6) is 0 Å². The van der Waals surface area contributed by atoms with Crippen molar-refractivity contribution in [3.8, 4) is 0 Å². The Kier molecular flexibility index (Phi) is 4.16. The first-order valence-electron chi connectivity index (χ1n) is 8.36. The summed E-state index contributed by atoms with van der Waals surface area (Å²) in [5.74, 6) is 3.11. The second-order valence-electron chi connectivity index (χ2n) is 7.28. The van der Waals surface area contributed by atoms with Crippen molar-refractivity contribution in [2.24, 2.45) is 24.8 Å². The Labute approximate surface area is 123 Å². The van der Waals surface area contributed by atoms with Gasteiger partial charge >= 0.3 is 0 Å². The zero-order valence-corrected chi connectivity index (χ0v) is 13.2. The Hall–Kier alpha value is -0.830. The Bertz CT molecular complexity index is 433. The Morgan fingerprint density at radius 3 is 2.70 bits per heavy atom. The monoisotopic (exact) mass is 275 g/mol. The van der Waals surface area contributed by atoms with E-state index in [1.807, 2.05) is 11.7 Å². The van der Waals surface area contributed by atoms with Gasteiger partial charge in [-0.05, 0) is 62.5 Å². The van der Waals surface area contributed by atoms with Gasteiger partial charge in [0.25, 0.3) is 0 Å². The summed E-state index contributed by atoms with van der Waals surface area (Å²) in [6.07, 6.45) is 8.96. The molecule has 0 spiro atoms. The van der Waals surface area contributed by atoms with Crippen LogP contribution in [-0.2, 0) is 7.05 Å². The van der Waals surface area contributed by atoms with Crippen molar-refractivity contribution in [3.05, 3.63) is 18.0 Å². The van der Waals surface area contributed by atoms with Crippen LogP contribution in [0, 0.1) is 17.8 Å². The van der Waals surface area contributed by atoms with E-state index in [4.69, 9.17) is 5.10 Å². The van der Waals surface area contributed by atoms with E-state index < -0.39 is 0 Å². The molecule has 3 atom stereocenters. The summed E-state index contributed by atoms with van der Waals surface area (Å²) >= 11 is 0. The molecule has 2 fully saturated rings. The minimum absolute atomic E-state index is 0.656. The summed E-state index contributed by atoms with van der Waals surface area (Å²) in [4.78, 5) is 0. The number of aromatic nitrogens is 2. The molecule has 1 aromatic heterocycles. The maximum Gasteiger partial charge on any atom is 0.0658 e. The van der Waals surface area contributed by atoms with Crippen molar-refractivity contribution >= 4 is 0 Å². The van der Waals surface area contributed by atoms with Crippen molar-refractivity contribution in [2.45, 2.75) is 57.9 Å². The van der Waals surface area contributed by atoms with Gasteiger partial charge in [-0.25, -0.2) is 0 Å². The molecule has 1 aromatic rings. The quantitative estimate of drug-likeness (QED) is 0.893. The van der Waals surface area contributed by atoms with Crippen molar-refractivity contribution in [2.75, 3.05) is 6.54 Å². The first kappa shape index (κ1) is 14.1. The Morgan fingerprint density at radius 1 is 1.30 bits per heavy atom. The van der Waals surface area contributed by atoms with E-state index in [9.17, 15) is 0 Å². The van der Waals surface area contributed by atoms with Crippen LogP contribution >= 0.6 is 0 Å². The maximum atomic E-state index is 4.71. The molecule has 3 unspecified atom stereocenters. The molecule has 0 bridgehead atoms. The van der Waals surface area contributed by atoms with Crippen molar-refractivity contribution in [3.63, 3.8) is 0 Å². The van der Waals surface area contributed by atoms with Crippen molar-refractivity contribution in [1.82, 2.24) is 15.1 Å². The summed E-state index contributed by atoms with van der Waals surface area (Å²) in [6, 6.07) is 3.06. The number of rotatable bonds is 5. The lowest BCUT2D eigenvalue weighted by Crippen LogP contribution is -2.34. The third kappa shape index (κ3) is 3.25.